The normalized spacial score (nSPS) is 9.95. The van der Waals surface area contributed by atoms with Crippen LogP contribution in [0.3, 0.4) is 0 Å². The lowest BCUT2D eigenvalue weighted by molar-refractivity contribution is -0.132. The Kier molecular flexibility index (Phi) is 3.76. The van der Waals surface area contributed by atoms with Crippen molar-refractivity contribution in [3.05, 3.63) is 35.3 Å². The highest BCUT2D eigenvalue weighted by Crippen LogP contribution is 2.19. The van der Waals surface area contributed by atoms with Crippen molar-refractivity contribution in [1.29, 1.82) is 0 Å². The highest BCUT2D eigenvalue weighted by molar-refractivity contribution is 7.13. The summed E-state index contributed by atoms with van der Waals surface area (Å²) in [5, 5.41) is 6.93. The SMILES string of the molecule is Cc1ccc(N)c(NC(=O)C(=O)Nc2nccs2)c1. The van der Waals surface area contributed by atoms with Gasteiger partial charge in [-0.15, -0.1) is 11.3 Å². The molecule has 0 fully saturated rings. The summed E-state index contributed by atoms with van der Waals surface area (Å²) in [7, 11) is 0. The molecule has 1 aromatic carbocycles. The van der Waals surface area contributed by atoms with Gasteiger partial charge < -0.3 is 11.1 Å². The summed E-state index contributed by atoms with van der Waals surface area (Å²) in [5.74, 6) is -1.57. The summed E-state index contributed by atoms with van der Waals surface area (Å²) in [6, 6.07) is 5.19. The van der Waals surface area contributed by atoms with Gasteiger partial charge in [-0.3, -0.25) is 14.9 Å². The average molecular weight is 276 g/mol. The van der Waals surface area contributed by atoms with Gasteiger partial charge in [0, 0.05) is 11.6 Å². The second-order valence-electron chi connectivity index (χ2n) is 3.84. The first-order valence-electron chi connectivity index (χ1n) is 5.44. The lowest BCUT2D eigenvalue weighted by Gasteiger charge is -2.08. The minimum atomic E-state index is -0.785. The zero-order valence-electron chi connectivity index (χ0n) is 10.1. The fourth-order valence-corrected chi connectivity index (χ4v) is 1.92. The number of aryl methyl sites for hydroxylation is 1. The number of benzene rings is 1. The van der Waals surface area contributed by atoms with Crippen molar-refractivity contribution in [2.45, 2.75) is 6.92 Å². The standard InChI is InChI=1S/C12H12N4O2S/c1-7-2-3-8(13)9(6-7)15-10(17)11(18)16-12-14-4-5-19-12/h2-6H,13H2,1H3,(H,15,17)(H,14,16,18). The summed E-state index contributed by atoms with van der Waals surface area (Å²) >= 11 is 1.23. The number of aromatic nitrogens is 1. The molecule has 2 aromatic rings. The minimum Gasteiger partial charge on any atom is -0.397 e. The van der Waals surface area contributed by atoms with Crippen LogP contribution in [0.25, 0.3) is 0 Å². The van der Waals surface area contributed by atoms with Gasteiger partial charge in [0.05, 0.1) is 11.4 Å². The van der Waals surface area contributed by atoms with Crippen LogP contribution in [0.1, 0.15) is 5.56 Å². The van der Waals surface area contributed by atoms with Gasteiger partial charge in [-0.2, -0.15) is 0 Å². The first-order valence-corrected chi connectivity index (χ1v) is 6.32. The molecule has 0 aliphatic carbocycles. The van der Waals surface area contributed by atoms with E-state index in [9.17, 15) is 9.59 Å². The topological polar surface area (TPSA) is 97.1 Å². The zero-order chi connectivity index (χ0) is 13.8. The number of amides is 2. The predicted molar refractivity (Wildman–Crippen MR) is 75.0 cm³/mol. The van der Waals surface area contributed by atoms with Gasteiger partial charge in [0.2, 0.25) is 0 Å². The van der Waals surface area contributed by atoms with Crippen molar-refractivity contribution in [3.63, 3.8) is 0 Å². The van der Waals surface area contributed by atoms with Crippen molar-refractivity contribution in [2.75, 3.05) is 16.4 Å². The lowest BCUT2D eigenvalue weighted by Crippen LogP contribution is -2.29. The fraction of sp³-hybridized carbons (Fsp3) is 0.0833. The Hall–Kier alpha value is -2.41. The molecule has 1 aromatic heterocycles. The highest BCUT2D eigenvalue weighted by atomic mass is 32.1. The van der Waals surface area contributed by atoms with E-state index < -0.39 is 11.8 Å². The summed E-state index contributed by atoms with van der Waals surface area (Å²) in [6.07, 6.45) is 1.54. The van der Waals surface area contributed by atoms with Gasteiger partial charge in [0.15, 0.2) is 5.13 Å². The maximum absolute atomic E-state index is 11.7. The Balaban J connectivity index is 2.04. The first kappa shape index (κ1) is 13.0. The molecule has 0 spiro atoms. The number of nitrogens with one attached hydrogen (secondary N) is 2. The molecular formula is C12H12N4O2S. The average Bonchev–Trinajstić information content (AvgIpc) is 2.86. The van der Waals surface area contributed by atoms with Gasteiger partial charge in [0.25, 0.3) is 0 Å². The minimum absolute atomic E-state index is 0.373. The molecule has 0 aliphatic rings. The Bertz CT molecular complexity index is 610. The Labute approximate surface area is 113 Å². The first-order chi connectivity index (χ1) is 9.06. The Morgan fingerprint density at radius 3 is 2.68 bits per heavy atom. The third-order valence-electron chi connectivity index (χ3n) is 2.32. The number of hydrogen-bond donors (Lipinski definition) is 3. The van der Waals surface area contributed by atoms with Crippen molar-refractivity contribution in [2.24, 2.45) is 0 Å². The molecule has 2 rings (SSSR count). The predicted octanol–water partition coefficient (Wildman–Crippen LogP) is 1.61. The summed E-state index contributed by atoms with van der Waals surface area (Å²) in [6.45, 7) is 1.87. The second-order valence-corrected chi connectivity index (χ2v) is 4.73. The van der Waals surface area contributed by atoms with Gasteiger partial charge in [-0.05, 0) is 24.6 Å². The number of nitrogens with two attached hydrogens (primary N) is 1. The number of carbonyl (C=O) groups excluding carboxylic acids is 2. The second kappa shape index (κ2) is 5.49. The number of nitrogen functional groups attached to an aromatic ring is 1. The molecule has 0 atom stereocenters. The quantitative estimate of drug-likeness (QED) is 0.573. The number of hydrogen-bond acceptors (Lipinski definition) is 5. The molecule has 0 radical (unpaired) electrons. The van der Waals surface area contributed by atoms with E-state index >= 15 is 0 Å². The Morgan fingerprint density at radius 2 is 2.00 bits per heavy atom. The van der Waals surface area contributed by atoms with Crippen LogP contribution in [0, 0.1) is 6.92 Å². The van der Waals surface area contributed by atoms with Crippen LogP contribution in [0.4, 0.5) is 16.5 Å². The van der Waals surface area contributed by atoms with E-state index in [0.29, 0.717) is 16.5 Å². The molecular weight excluding hydrogens is 264 g/mol. The molecule has 98 valence electrons. The van der Waals surface area contributed by atoms with Crippen LogP contribution < -0.4 is 16.4 Å². The van der Waals surface area contributed by atoms with E-state index in [1.807, 2.05) is 13.0 Å². The molecule has 0 bridgehead atoms. The maximum atomic E-state index is 11.7. The van der Waals surface area contributed by atoms with Gasteiger partial charge in [-0.25, -0.2) is 4.98 Å². The molecule has 4 N–H and O–H groups in total. The van der Waals surface area contributed by atoms with Crippen LogP contribution in [0.2, 0.25) is 0 Å². The van der Waals surface area contributed by atoms with E-state index in [0.717, 1.165) is 5.56 Å². The maximum Gasteiger partial charge on any atom is 0.315 e. The number of anilines is 3. The van der Waals surface area contributed by atoms with Crippen molar-refractivity contribution < 1.29 is 9.59 Å². The number of rotatable bonds is 2. The van der Waals surface area contributed by atoms with E-state index in [2.05, 4.69) is 15.6 Å². The largest absolute Gasteiger partial charge is 0.397 e. The van der Waals surface area contributed by atoms with E-state index in [-0.39, 0.29) is 0 Å². The van der Waals surface area contributed by atoms with Crippen LogP contribution >= 0.6 is 11.3 Å². The number of nitrogens with zero attached hydrogens (tertiary/aromatic N) is 1. The van der Waals surface area contributed by atoms with Crippen LogP contribution in [0.15, 0.2) is 29.8 Å². The monoisotopic (exact) mass is 276 g/mol. The third kappa shape index (κ3) is 3.29. The summed E-state index contributed by atoms with van der Waals surface area (Å²) in [5.41, 5.74) is 7.47. The van der Waals surface area contributed by atoms with Gasteiger partial charge in [0.1, 0.15) is 0 Å². The molecule has 7 heteroatoms. The molecule has 19 heavy (non-hydrogen) atoms. The van der Waals surface area contributed by atoms with E-state index in [1.54, 1.807) is 17.5 Å². The number of carbonyl (C=O) groups is 2. The van der Waals surface area contributed by atoms with Crippen molar-refractivity contribution in [3.8, 4) is 0 Å². The summed E-state index contributed by atoms with van der Waals surface area (Å²) < 4.78 is 0. The molecule has 0 saturated carbocycles. The molecule has 6 nitrogen and oxygen atoms in total. The van der Waals surface area contributed by atoms with Crippen LogP contribution in [0.5, 0.6) is 0 Å². The molecule has 1 heterocycles. The van der Waals surface area contributed by atoms with Crippen LogP contribution in [-0.4, -0.2) is 16.8 Å². The van der Waals surface area contributed by atoms with Crippen molar-refractivity contribution in [1.82, 2.24) is 4.98 Å². The lowest BCUT2D eigenvalue weighted by atomic mass is 10.2. The van der Waals surface area contributed by atoms with Gasteiger partial charge >= 0.3 is 11.8 Å². The van der Waals surface area contributed by atoms with Gasteiger partial charge in [-0.1, -0.05) is 6.07 Å². The number of thiazole rings is 1. The molecule has 0 unspecified atom stereocenters. The summed E-state index contributed by atoms with van der Waals surface area (Å²) in [4.78, 5) is 27.2. The third-order valence-corrected chi connectivity index (χ3v) is 3.00. The molecule has 2 amide bonds. The zero-order valence-corrected chi connectivity index (χ0v) is 11.0. The fourth-order valence-electron chi connectivity index (χ4n) is 1.40. The highest BCUT2D eigenvalue weighted by Gasteiger charge is 2.16. The van der Waals surface area contributed by atoms with Crippen molar-refractivity contribution >= 4 is 39.7 Å². The van der Waals surface area contributed by atoms with Crippen LogP contribution in [-0.2, 0) is 9.59 Å². The van der Waals surface area contributed by atoms with E-state index in [1.165, 1.54) is 17.5 Å². The molecule has 0 saturated heterocycles. The molecule has 0 aliphatic heterocycles. The Morgan fingerprint density at radius 1 is 1.26 bits per heavy atom. The smallest absolute Gasteiger partial charge is 0.315 e. The van der Waals surface area contributed by atoms with E-state index in [4.69, 9.17) is 5.73 Å².